The van der Waals surface area contributed by atoms with Gasteiger partial charge in [-0.3, -0.25) is 0 Å². The first-order chi connectivity index (χ1) is 22.6. The van der Waals surface area contributed by atoms with Gasteiger partial charge in [0.15, 0.2) is 0 Å². The van der Waals surface area contributed by atoms with E-state index >= 15 is 0 Å². The summed E-state index contributed by atoms with van der Waals surface area (Å²) in [5.41, 5.74) is 5.12. The first kappa shape index (κ1) is 37.1. The van der Waals surface area contributed by atoms with Crippen molar-refractivity contribution in [3.05, 3.63) is 47.1 Å². The molecule has 4 atom stereocenters. The molecule has 47 heavy (non-hydrogen) atoms. The molecule has 4 unspecified atom stereocenters. The zero-order valence-corrected chi connectivity index (χ0v) is 31.5. The Labute approximate surface area is 290 Å². The van der Waals surface area contributed by atoms with E-state index in [4.69, 9.17) is 9.47 Å². The van der Waals surface area contributed by atoms with E-state index in [0.717, 1.165) is 101 Å². The number of ether oxygens (including phenoxy) is 2. The van der Waals surface area contributed by atoms with E-state index in [2.05, 4.69) is 89.5 Å². The number of hydrogen-bond acceptors (Lipinski definition) is 4. The average molecular weight is 649 g/mol. The van der Waals surface area contributed by atoms with Crippen molar-refractivity contribution in [2.24, 2.45) is 46.3 Å². The topological polar surface area (TPSA) is 42.5 Å². The van der Waals surface area contributed by atoms with E-state index in [1.54, 1.807) is 5.57 Å². The van der Waals surface area contributed by atoms with Crippen molar-refractivity contribution in [3.63, 3.8) is 0 Å². The van der Waals surface area contributed by atoms with Crippen molar-refractivity contribution in [2.45, 2.75) is 138 Å². The van der Waals surface area contributed by atoms with Gasteiger partial charge in [-0.15, -0.1) is 0 Å². The molecule has 0 saturated heterocycles. The highest BCUT2D eigenvalue weighted by molar-refractivity contribution is 5.17. The third-order valence-corrected chi connectivity index (χ3v) is 13.7. The first-order valence-corrected chi connectivity index (χ1v) is 19.8. The van der Waals surface area contributed by atoms with Gasteiger partial charge in [0.25, 0.3) is 0 Å². The Hall–Kier alpha value is -1.20. The third-order valence-electron chi connectivity index (χ3n) is 13.7. The van der Waals surface area contributed by atoms with Crippen LogP contribution in [-0.4, -0.2) is 51.6 Å². The van der Waals surface area contributed by atoms with Crippen LogP contribution in [0.4, 0.5) is 0 Å². The molecule has 4 nitrogen and oxygen atoms in total. The van der Waals surface area contributed by atoms with Gasteiger partial charge in [-0.2, -0.15) is 0 Å². The summed E-state index contributed by atoms with van der Waals surface area (Å²) in [6.45, 7) is 22.1. The lowest BCUT2D eigenvalue weighted by Crippen LogP contribution is -2.49. The highest BCUT2D eigenvalue weighted by atomic mass is 16.5. The molecule has 6 rings (SSSR count). The highest BCUT2D eigenvalue weighted by Crippen LogP contribution is 2.69. The molecule has 0 aliphatic heterocycles. The molecule has 4 heteroatoms. The number of rotatable bonds is 20. The van der Waals surface area contributed by atoms with Crippen LogP contribution >= 0.6 is 0 Å². The van der Waals surface area contributed by atoms with Crippen molar-refractivity contribution in [1.82, 2.24) is 10.6 Å². The van der Waals surface area contributed by atoms with Gasteiger partial charge in [0.1, 0.15) is 0 Å². The largest absolute Gasteiger partial charge is 0.376 e. The lowest BCUT2D eigenvalue weighted by Gasteiger charge is -2.54. The van der Waals surface area contributed by atoms with E-state index in [1.807, 2.05) is 0 Å². The van der Waals surface area contributed by atoms with Crippen LogP contribution in [-0.2, 0) is 9.47 Å². The van der Waals surface area contributed by atoms with Crippen LogP contribution in [0.15, 0.2) is 47.1 Å². The molecule has 0 amide bonds. The van der Waals surface area contributed by atoms with Crippen LogP contribution in [0.3, 0.4) is 0 Å². The van der Waals surface area contributed by atoms with E-state index < -0.39 is 0 Å². The number of allylic oxidation sites excluding steroid dienone is 6. The fourth-order valence-electron chi connectivity index (χ4n) is 11.0. The molecule has 0 aromatic rings. The maximum absolute atomic E-state index is 6.57. The number of fused-ring (bicyclic) bond motifs is 2. The molecule has 6 fully saturated rings. The zero-order valence-electron chi connectivity index (χ0n) is 31.5. The molecule has 6 aliphatic rings. The maximum Gasteiger partial charge on any atom is 0.0637 e. The molecule has 6 saturated carbocycles. The molecule has 0 aromatic heterocycles. The molecule has 6 bridgehead atoms. The van der Waals surface area contributed by atoms with E-state index in [1.165, 1.54) is 62.5 Å². The summed E-state index contributed by atoms with van der Waals surface area (Å²) >= 11 is 0. The summed E-state index contributed by atoms with van der Waals surface area (Å²) in [6, 6.07) is 0. The third kappa shape index (κ3) is 9.53. The van der Waals surface area contributed by atoms with Gasteiger partial charge in [0.2, 0.25) is 0 Å². The summed E-state index contributed by atoms with van der Waals surface area (Å²) in [4.78, 5) is 0. The summed E-state index contributed by atoms with van der Waals surface area (Å²) in [5.74, 6) is 5.35. The van der Waals surface area contributed by atoms with Crippen LogP contribution in [0.25, 0.3) is 0 Å². The second-order valence-corrected chi connectivity index (χ2v) is 17.7. The van der Waals surface area contributed by atoms with Gasteiger partial charge in [-0.25, -0.2) is 0 Å². The Bertz CT molecular complexity index is 1080. The minimum atomic E-state index is 0.278. The summed E-state index contributed by atoms with van der Waals surface area (Å²) in [7, 11) is 0. The molecule has 0 heterocycles. The van der Waals surface area contributed by atoms with Crippen LogP contribution in [0.2, 0.25) is 0 Å². The van der Waals surface area contributed by atoms with Crippen LogP contribution in [0, 0.1) is 46.3 Å². The molecular weight excluding hydrogens is 576 g/mol. The van der Waals surface area contributed by atoms with E-state index in [-0.39, 0.29) is 5.41 Å². The first-order valence-electron chi connectivity index (χ1n) is 19.8. The van der Waals surface area contributed by atoms with E-state index in [9.17, 15) is 0 Å². The van der Waals surface area contributed by atoms with Gasteiger partial charge < -0.3 is 20.1 Å². The van der Waals surface area contributed by atoms with Gasteiger partial charge >= 0.3 is 0 Å². The lowest BCUT2D eigenvalue weighted by molar-refractivity contribution is -0.125. The summed E-state index contributed by atoms with van der Waals surface area (Å²) < 4.78 is 13.0. The summed E-state index contributed by atoms with van der Waals surface area (Å²) in [5, 5.41) is 7.15. The molecule has 2 N–H and O–H groups in total. The van der Waals surface area contributed by atoms with Crippen molar-refractivity contribution in [3.8, 4) is 0 Å². The molecular formula is C43H72N2O2. The quantitative estimate of drug-likeness (QED) is 0.102. The van der Waals surface area contributed by atoms with Crippen LogP contribution in [0.5, 0.6) is 0 Å². The average Bonchev–Trinajstić information content (AvgIpc) is 3.31. The smallest absolute Gasteiger partial charge is 0.0637 e. The van der Waals surface area contributed by atoms with Crippen LogP contribution < -0.4 is 10.6 Å². The second kappa shape index (κ2) is 17.1. The molecule has 6 aliphatic carbocycles. The number of unbranched alkanes of at least 4 members (excludes halogenated alkanes) is 1. The SMILES string of the molecule is CC(C)=CCCC=CCNCCOC1CC2C(CC(C)=CCCC(C)=CCNCCOC3C4CC5CC(C4)CC3C5)CC1(C)C2(C)C. The van der Waals surface area contributed by atoms with Crippen molar-refractivity contribution < 1.29 is 9.47 Å². The minimum absolute atomic E-state index is 0.278. The Morgan fingerprint density at radius 3 is 2.04 bits per heavy atom. The minimum Gasteiger partial charge on any atom is -0.376 e. The Morgan fingerprint density at radius 1 is 0.702 bits per heavy atom. The fraction of sp³-hybridized carbons (Fsp3) is 0.814. The standard InChI is InChI=1S/C43H72N2O2/c1-31(2)13-10-8-9-11-17-44-19-21-46-40-29-39-38(30-43(40,7)42(39,5)6)23-33(4)15-12-14-32(3)16-18-45-20-22-47-41-36-25-34-24-35(27-36)28-37(41)26-34/h9,11,13,15-16,34-41,44-45H,8,10,12,14,17-30H2,1-7H3. The number of nitrogens with one attached hydrogen (secondary N) is 2. The Morgan fingerprint density at radius 2 is 1.38 bits per heavy atom. The monoisotopic (exact) mass is 649 g/mol. The van der Waals surface area contributed by atoms with Crippen molar-refractivity contribution in [2.75, 3.05) is 39.4 Å². The van der Waals surface area contributed by atoms with Crippen LogP contribution in [0.1, 0.15) is 126 Å². The predicted molar refractivity (Wildman–Crippen MR) is 200 cm³/mol. The summed E-state index contributed by atoms with van der Waals surface area (Å²) in [6.07, 6.45) is 28.4. The molecule has 0 spiro atoms. The molecule has 266 valence electrons. The Kier molecular flexibility index (Phi) is 13.5. The maximum atomic E-state index is 6.57. The van der Waals surface area contributed by atoms with Gasteiger partial charge in [-0.05, 0) is 151 Å². The van der Waals surface area contributed by atoms with E-state index in [0.29, 0.717) is 17.6 Å². The highest BCUT2D eigenvalue weighted by Gasteiger charge is 2.65. The molecule has 0 radical (unpaired) electrons. The Balaban J connectivity index is 0.926. The van der Waals surface area contributed by atoms with Gasteiger partial charge in [-0.1, -0.05) is 67.9 Å². The van der Waals surface area contributed by atoms with Crippen molar-refractivity contribution in [1.29, 1.82) is 0 Å². The zero-order chi connectivity index (χ0) is 33.4. The predicted octanol–water partition coefficient (Wildman–Crippen LogP) is 9.83. The lowest BCUT2D eigenvalue weighted by atomic mass is 9.55. The number of hydrogen-bond donors (Lipinski definition) is 2. The van der Waals surface area contributed by atoms with Crippen molar-refractivity contribution >= 4 is 0 Å². The molecule has 0 aromatic carbocycles. The van der Waals surface area contributed by atoms with Gasteiger partial charge in [0.05, 0.1) is 25.4 Å². The second-order valence-electron chi connectivity index (χ2n) is 17.7. The normalized spacial score (nSPS) is 35.8. The fourth-order valence-corrected chi connectivity index (χ4v) is 11.0. The van der Waals surface area contributed by atoms with Gasteiger partial charge in [0, 0.05) is 26.2 Å².